The quantitative estimate of drug-likeness (QED) is 0.213. The predicted octanol–water partition coefficient (Wildman–Crippen LogP) is 1.70. The molecule has 4 fully saturated rings. The van der Waals surface area contributed by atoms with Gasteiger partial charge in [-0.25, -0.2) is 0 Å². The van der Waals surface area contributed by atoms with E-state index in [1.54, 1.807) is 20.8 Å². The van der Waals surface area contributed by atoms with Gasteiger partial charge in [0.25, 0.3) is 0 Å². The average Bonchev–Trinajstić information content (AvgIpc) is 3.08. The fourth-order valence-corrected chi connectivity index (χ4v) is 9.73. The number of carbonyl (C=O) groups is 3. The third-order valence-electron chi connectivity index (χ3n) is 12.3. The van der Waals surface area contributed by atoms with Crippen LogP contribution in [0.2, 0.25) is 0 Å². The molecule has 3 heterocycles. The molecule has 0 spiro atoms. The standard InChI is InChI=1S/C37H49NO13S/c1-16-13-26(40)36(45)34(44,14-16)27(51-29-11-7-22(38)17(2)48-29)15-35(52)33(43)30-21(32(42)37(35,36)46)6-5-20(31(30)41)25-10-9-24(19(4)47-25)50-28-12-8-23(39)18(3)49-28/h5-6,13,17-19,22-25,27-29,39,41,44-46,52H,7-12,14-15,38H2,1-4H3/t17-,18-,19-,22-,23-,24-,25+,27+,28-,29-,34+,35-,36+,37-/m0/s1. The number of hydrogen-bond donors (Lipinski definition) is 7. The molecule has 6 aliphatic rings. The van der Waals surface area contributed by atoms with Crippen LogP contribution >= 0.6 is 12.6 Å². The third kappa shape index (κ3) is 5.41. The molecule has 0 aromatic heterocycles. The van der Waals surface area contributed by atoms with Gasteiger partial charge in [-0.05, 0) is 71.9 Å². The van der Waals surface area contributed by atoms with Crippen molar-refractivity contribution in [1.82, 2.24) is 0 Å². The first kappa shape index (κ1) is 38.0. The van der Waals surface area contributed by atoms with Gasteiger partial charge in [-0.2, -0.15) is 12.6 Å². The molecule has 3 aliphatic heterocycles. The molecule has 7 N–H and O–H groups in total. The molecule has 14 nitrogen and oxygen atoms in total. The number of aromatic hydroxyl groups is 1. The van der Waals surface area contributed by atoms with E-state index in [1.165, 1.54) is 12.1 Å². The number of hydrogen-bond acceptors (Lipinski definition) is 15. The minimum atomic E-state index is -3.28. The number of aliphatic hydroxyl groups excluding tert-OH is 1. The van der Waals surface area contributed by atoms with Crippen LogP contribution in [-0.2, 0) is 28.5 Å². The summed E-state index contributed by atoms with van der Waals surface area (Å²) in [6.07, 6.45) is -3.12. The number of rotatable bonds is 5. The zero-order valence-electron chi connectivity index (χ0n) is 29.7. The highest BCUT2D eigenvalue weighted by molar-refractivity contribution is 7.83. The molecule has 14 atom stereocenters. The minimum Gasteiger partial charge on any atom is -0.507 e. The van der Waals surface area contributed by atoms with E-state index in [0.29, 0.717) is 44.1 Å². The molecule has 0 radical (unpaired) electrons. The number of aliphatic hydroxyl groups is 4. The molecule has 3 saturated heterocycles. The summed E-state index contributed by atoms with van der Waals surface area (Å²) >= 11 is 4.64. The number of phenolic OH excluding ortho intramolecular Hbond substituents is 1. The zero-order valence-corrected chi connectivity index (χ0v) is 30.6. The second-order valence-corrected chi connectivity index (χ2v) is 16.4. The lowest BCUT2D eigenvalue weighted by Gasteiger charge is -2.64. The van der Waals surface area contributed by atoms with E-state index in [2.05, 4.69) is 12.6 Å². The maximum Gasteiger partial charge on any atom is 0.200 e. The van der Waals surface area contributed by atoms with Crippen LogP contribution in [-0.4, -0.2) is 120 Å². The molecule has 7 rings (SSSR count). The summed E-state index contributed by atoms with van der Waals surface area (Å²) in [5, 5.41) is 59.0. The maximum absolute atomic E-state index is 14.7. The first-order chi connectivity index (χ1) is 24.4. The smallest absolute Gasteiger partial charge is 0.200 e. The fraction of sp³-hybridized carbons (Fsp3) is 0.703. The Balaban J connectivity index is 1.22. The number of Topliss-reactive ketones (excluding diaryl/α,β-unsaturated/α-hetero) is 2. The summed E-state index contributed by atoms with van der Waals surface area (Å²) in [6, 6.07) is 2.37. The van der Waals surface area contributed by atoms with Gasteiger partial charge in [0.05, 0.1) is 48.3 Å². The van der Waals surface area contributed by atoms with Gasteiger partial charge in [0.15, 0.2) is 35.3 Å². The molecule has 1 aromatic rings. The van der Waals surface area contributed by atoms with E-state index in [4.69, 9.17) is 29.4 Å². The van der Waals surface area contributed by atoms with Crippen molar-refractivity contribution in [3.8, 4) is 5.75 Å². The summed E-state index contributed by atoms with van der Waals surface area (Å²) in [5.74, 6) is -4.04. The Kier molecular flexibility index (Phi) is 9.64. The molecule has 1 aromatic carbocycles. The summed E-state index contributed by atoms with van der Waals surface area (Å²) in [7, 11) is 0. The van der Waals surface area contributed by atoms with Gasteiger partial charge < -0.3 is 55.0 Å². The number of ether oxygens (including phenoxy) is 5. The van der Waals surface area contributed by atoms with Crippen molar-refractivity contribution in [2.24, 2.45) is 5.73 Å². The van der Waals surface area contributed by atoms with Crippen LogP contribution in [0.4, 0.5) is 0 Å². The van der Waals surface area contributed by atoms with E-state index >= 15 is 0 Å². The predicted molar refractivity (Wildman–Crippen MR) is 185 cm³/mol. The molecule has 0 amide bonds. The average molecular weight is 748 g/mol. The Morgan fingerprint density at radius 2 is 1.52 bits per heavy atom. The van der Waals surface area contributed by atoms with Crippen LogP contribution in [0.25, 0.3) is 0 Å². The van der Waals surface area contributed by atoms with Crippen LogP contribution in [0, 0.1) is 0 Å². The Morgan fingerprint density at radius 3 is 2.19 bits per heavy atom. The van der Waals surface area contributed by atoms with Crippen LogP contribution in [0.3, 0.4) is 0 Å². The lowest BCUT2D eigenvalue weighted by atomic mass is 9.47. The van der Waals surface area contributed by atoms with Crippen LogP contribution in [0.5, 0.6) is 5.75 Å². The van der Waals surface area contributed by atoms with Crippen molar-refractivity contribution in [3.63, 3.8) is 0 Å². The normalized spacial score (nSPS) is 46.6. The van der Waals surface area contributed by atoms with Crippen molar-refractivity contribution in [1.29, 1.82) is 0 Å². The molecule has 3 aliphatic carbocycles. The number of phenols is 1. The van der Waals surface area contributed by atoms with Gasteiger partial charge in [0.1, 0.15) is 16.1 Å². The molecule has 52 heavy (non-hydrogen) atoms. The summed E-state index contributed by atoms with van der Waals surface area (Å²) in [6.45, 7) is 6.91. The van der Waals surface area contributed by atoms with E-state index in [1.807, 2.05) is 6.92 Å². The lowest BCUT2D eigenvalue weighted by Crippen LogP contribution is -2.89. The number of fused-ring (bicyclic) bond motifs is 4. The SMILES string of the molecule is CC1=CC(=O)[C@]2(O)[C@]3(O)C(=O)c4ccc([C@H]5CC[C@H](O[C@H]6CC[C@H](O)[C@H](C)O6)[C@H](C)O5)c(O)c4C(=O)[C@@]3(S)C[C@@H](O[C@H]3CC[C@H](N)[C@H](C)O3)[C@]2(O)C1. The molecular formula is C37H49NO13S. The molecule has 1 saturated carbocycles. The minimum absolute atomic E-state index is 0.213. The maximum atomic E-state index is 14.7. The molecular weight excluding hydrogens is 698 g/mol. The van der Waals surface area contributed by atoms with Gasteiger partial charge >= 0.3 is 0 Å². The number of ketones is 3. The van der Waals surface area contributed by atoms with Crippen molar-refractivity contribution in [2.45, 2.75) is 162 Å². The van der Waals surface area contributed by atoms with E-state index < -0.39 is 105 Å². The van der Waals surface area contributed by atoms with Crippen LogP contribution < -0.4 is 5.73 Å². The van der Waals surface area contributed by atoms with Crippen molar-refractivity contribution in [2.75, 3.05) is 0 Å². The molecule has 286 valence electrons. The largest absolute Gasteiger partial charge is 0.507 e. The topological polar surface area (TPSA) is 225 Å². The van der Waals surface area contributed by atoms with Gasteiger partial charge in [0.2, 0.25) is 5.78 Å². The summed E-state index contributed by atoms with van der Waals surface area (Å²) < 4.78 is 27.9. The van der Waals surface area contributed by atoms with Gasteiger partial charge in [0, 0.05) is 36.4 Å². The van der Waals surface area contributed by atoms with Crippen molar-refractivity contribution >= 4 is 30.0 Å². The number of benzene rings is 1. The van der Waals surface area contributed by atoms with Gasteiger partial charge in [-0.3, -0.25) is 14.4 Å². The molecule has 15 heteroatoms. The van der Waals surface area contributed by atoms with Crippen LogP contribution in [0.15, 0.2) is 23.8 Å². The van der Waals surface area contributed by atoms with E-state index in [-0.39, 0.29) is 30.2 Å². The summed E-state index contributed by atoms with van der Waals surface area (Å²) in [4.78, 5) is 43.1. The number of nitrogens with two attached hydrogens (primary N) is 1. The Bertz CT molecular complexity index is 1690. The van der Waals surface area contributed by atoms with E-state index in [0.717, 1.165) is 6.08 Å². The first-order valence-electron chi connectivity index (χ1n) is 18.1. The molecule has 0 bridgehead atoms. The third-order valence-corrected chi connectivity index (χ3v) is 13.1. The Labute approximate surface area is 307 Å². The summed E-state index contributed by atoms with van der Waals surface area (Å²) in [5.41, 5.74) is -3.36. The Morgan fingerprint density at radius 1 is 0.846 bits per heavy atom. The second kappa shape index (κ2) is 13.2. The number of carbonyl (C=O) groups excluding carboxylic acids is 3. The highest BCUT2D eigenvalue weighted by Crippen LogP contribution is 2.61. The highest BCUT2D eigenvalue weighted by atomic mass is 32.1. The monoisotopic (exact) mass is 747 g/mol. The van der Waals surface area contributed by atoms with Crippen molar-refractivity contribution < 1.29 is 63.6 Å². The lowest BCUT2D eigenvalue weighted by molar-refractivity contribution is -0.314. The second-order valence-electron chi connectivity index (χ2n) is 15.7. The first-order valence-corrected chi connectivity index (χ1v) is 18.6. The van der Waals surface area contributed by atoms with E-state index in [9.17, 15) is 39.9 Å². The fourth-order valence-electron chi connectivity index (χ4n) is 9.19. The zero-order chi connectivity index (χ0) is 37.7. The van der Waals surface area contributed by atoms with Gasteiger partial charge in [-0.15, -0.1) is 0 Å². The van der Waals surface area contributed by atoms with Crippen molar-refractivity contribution in [3.05, 3.63) is 40.5 Å². The molecule has 0 unspecified atom stereocenters. The highest BCUT2D eigenvalue weighted by Gasteiger charge is 2.84. The Hall–Kier alpha value is -2.28. The van der Waals surface area contributed by atoms with Crippen LogP contribution in [0.1, 0.15) is 111 Å². The number of thiol groups is 1. The van der Waals surface area contributed by atoms with Gasteiger partial charge in [-0.1, -0.05) is 11.6 Å².